The van der Waals surface area contributed by atoms with E-state index in [4.69, 9.17) is 0 Å². The van der Waals surface area contributed by atoms with E-state index >= 15 is 0 Å². The second-order valence-corrected chi connectivity index (χ2v) is 5.32. The average molecular weight is 239 g/mol. The quantitative estimate of drug-likeness (QED) is 0.756. The number of hydrogen-bond donors (Lipinski definition) is 0. The van der Waals surface area contributed by atoms with E-state index in [0.717, 1.165) is 6.20 Å². The van der Waals surface area contributed by atoms with Gasteiger partial charge in [-0.05, 0) is 18.9 Å². The molecule has 1 heterocycles. The Labute approximate surface area is 98.6 Å². The number of hydrogen-bond acceptors (Lipinski definition) is 3. The molecule has 86 valence electrons. The first-order valence-electron chi connectivity index (χ1n) is 5.51. The molecule has 1 aliphatic rings. The van der Waals surface area contributed by atoms with Crippen LogP contribution >= 0.6 is 11.8 Å². The van der Waals surface area contributed by atoms with Crippen LogP contribution in [0.5, 0.6) is 0 Å². The highest BCUT2D eigenvalue weighted by Crippen LogP contribution is 2.29. The highest BCUT2D eigenvalue weighted by atomic mass is 32.2. The minimum Gasteiger partial charge on any atom is -0.293 e. The van der Waals surface area contributed by atoms with E-state index in [2.05, 4.69) is 4.98 Å². The van der Waals surface area contributed by atoms with Crippen molar-refractivity contribution in [3.05, 3.63) is 29.8 Å². The van der Waals surface area contributed by atoms with E-state index < -0.39 is 5.82 Å². The van der Waals surface area contributed by atoms with Gasteiger partial charge in [0.15, 0.2) is 5.78 Å². The monoisotopic (exact) mass is 239 g/mol. The summed E-state index contributed by atoms with van der Waals surface area (Å²) in [5.41, 5.74) is 0.380. The van der Waals surface area contributed by atoms with Crippen molar-refractivity contribution >= 4 is 17.5 Å². The Morgan fingerprint density at radius 3 is 2.88 bits per heavy atom. The number of aromatic nitrogens is 1. The lowest BCUT2D eigenvalue weighted by Gasteiger charge is -2.07. The SMILES string of the molecule is O=C(CSC1CCCC1)c1cncc(F)c1. The Kier molecular flexibility index (Phi) is 3.93. The van der Waals surface area contributed by atoms with Crippen LogP contribution in [0.15, 0.2) is 18.5 Å². The molecule has 0 radical (unpaired) electrons. The predicted molar refractivity (Wildman–Crippen MR) is 63.2 cm³/mol. The molecule has 0 bridgehead atoms. The molecule has 0 aromatic carbocycles. The first-order chi connectivity index (χ1) is 7.75. The first kappa shape index (κ1) is 11.6. The minimum atomic E-state index is -0.447. The second kappa shape index (κ2) is 5.43. The van der Waals surface area contributed by atoms with E-state index in [1.807, 2.05) is 0 Å². The first-order valence-corrected chi connectivity index (χ1v) is 6.56. The lowest BCUT2D eigenvalue weighted by Crippen LogP contribution is -2.07. The van der Waals surface area contributed by atoms with Gasteiger partial charge in [-0.1, -0.05) is 12.8 Å². The smallest absolute Gasteiger partial charge is 0.174 e. The predicted octanol–water partition coefficient (Wildman–Crippen LogP) is 3.08. The van der Waals surface area contributed by atoms with Gasteiger partial charge in [0.05, 0.1) is 11.9 Å². The van der Waals surface area contributed by atoms with Gasteiger partial charge in [-0.15, -0.1) is 0 Å². The summed E-state index contributed by atoms with van der Waals surface area (Å²) in [4.78, 5) is 15.4. The van der Waals surface area contributed by atoms with Gasteiger partial charge in [0.2, 0.25) is 0 Å². The zero-order chi connectivity index (χ0) is 11.4. The van der Waals surface area contributed by atoms with E-state index in [0.29, 0.717) is 16.6 Å². The molecular formula is C12H14FNOS. The summed E-state index contributed by atoms with van der Waals surface area (Å²) in [5.74, 6) is -0.0314. The van der Waals surface area contributed by atoms with Gasteiger partial charge in [0.1, 0.15) is 5.82 Å². The fraction of sp³-hybridized carbons (Fsp3) is 0.500. The molecule has 2 rings (SSSR count). The Bertz CT molecular complexity index is 377. The molecule has 0 aliphatic heterocycles. The van der Waals surface area contributed by atoms with Crippen LogP contribution in [0.25, 0.3) is 0 Å². The molecular weight excluding hydrogens is 225 g/mol. The van der Waals surface area contributed by atoms with Gasteiger partial charge in [0, 0.05) is 17.0 Å². The third-order valence-electron chi connectivity index (χ3n) is 2.78. The topological polar surface area (TPSA) is 30.0 Å². The fourth-order valence-corrected chi connectivity index (χ4v) is 3.12. The summed E-state index contributed by atoms with van der Waals surface area (Å²) < 4.78 is 12.8. The van der Waals surface area contributed by atoms with Crippen LogP contribution in [0.3, 0.4) is 0 Å². The molecule has 1 aromatic heterocycles. The van der Waals surface area contributed by atoms with Crippen molar-refractivity contribution in [1.82, 2.24) is 4.98 Å². The van der Waals surface area contributed by atoms with Crippen LogP contribution in [0.2, 0.25) is 0 Å². The molecule has 2 nitrogen and oxygen atoms in total. The largest absolute Gasteiger partial charge is 0.293 e. The van der Waals surface area contributed by atoms with Crippen LogP contribution in [0, 0.1) is 5.82 Å². The number of carbonyl (C=O) groups excluding carboxylic acids is 1. The summed E-state index contributed by atoms with van der Waals surface area (Å²) in [7, 11) is 0. The van der Waals surface area contributed by atoms with E-state index in [-0.39, 0.29) is 5.78 Å². The van der Waals surface area contributed by atoms with Crippen LogP contribution in [-0.4, -0.2) is 21.8 Å². The molecule has 1 aromatic rings. The minimum absolute atomic E-state index is 0.0242. The third kappa shape index (κ3) is 3.04. The number of halogens is 1. The van der Waals surface area contributed by atoms with Crippen molar-refractivity contribution in [3.63, 3.8) is 0 Å². The maximum atomic E-state index is 12.8. The maximum absolute atomic E-state index is 12.8. The second-order valence-electron chi connectivity index (χ2n) is 4.03. The number of carbonyl (C=O) groups is 1. The van der Waals surface area contributed by atoms with Crippen molar-refractivity contribution in [2.75, 3.05) is 5.75 Å². The van der Waals surface area contributed by atoms with Crippen molar-refractivity contribution in [3.8, 4) is 0 Å². The molecule has 0 N–H and O–H groups in total. The molecule has 0 unspecified atom stereocenters. The number of Topliss-reactive ketones (excluding diaryl/α,β-unsaturated/α-hetero) is 1. The lowest BCUT2D eigenvalue weighted by atomic mass is 10.2. The Morgan fingerprint density at radius 1 is 1.44 bits per heavy atom. The van der Waals surface area contributed by atoms with Crippen LogP contribution < -0.4 is 0 Å². The summed E-state index contributed by atoms with van der Waals surface area (Å²) in [6.07, 6.45) is 7.50. The Hall–Kier alpha value is -0.900. The molecule has 0 saturated heterocycles. The van der Waals surface area contributed by atoms with Crippen LogP contribution in [0.1, 0.15) is 36.0 Å². The molecule has 0 spiro atoms. The van der Waals surface area contributed by atoms with Gasteiger partial charge < -0.3 is 0 Å². The van der Waals surface area contributed by atoms with Crippen molar-refractivity contribution in [2.24, 2.45) is 0 Å². The molecule has 0 amide bonds. The zero-order valence-electron chi connectivity index (χ0n) is 8.99. The third-order valence-corrected chi connectivity index (χ3v) is 4.15. The van der Waals surface area contributed by atoms with Crippen molar-refractivity contribution in [2.45, 2.75) is 30.9 Å². The van der Waals surface area contributed by atoms with Gasteiger partial charge in [-0.3, -0.25) is 9.78 Å². The Balaban J connectivity index is 1.87. The van der Waals surface area contributed by atoms with Crippen LogP contribution in [-0.2, 0) is 0 Å². The lowest BCUT2D eigenvalue weighted by molar-refractivity contribution is 0.102. The summed E-state index contributed by atoms with van der Waals surface area (Å²) in [5, 5.41) is 0.616. The van der Waals surface area contributed by atoms with E-state index in [1.54, 1.807) is 11.8 Å². The van der Waals surface area contributed by atoms with Gasteiger partial charge >= 0.3 is 0 Å². The summed E-state index contributed by atoms with van der Waals surface area (Å²) in [6.45, 7) is 0. The highest BCUT2D eigenvalue weighted by molar-refractivity contribution is 8.00. The molecule has 1 saturated carbocycles. The van der Waals surface area contributed by atoms with Crippen molar-refractivity contribution < 1.29 is 9.18 Å². The van der Waals surface area contributed by atoms with Gasteiger partial charge in [-0.2, -0.15) is 11.8 Å². The van der Waals surface area contributed by atoms with E-state index in [1.165, 1.54) is 37.9 Å². The standard InChI is InChI=1S/C12H14FNOS/c13-10-5-9(6-14-7-10)12(15)8-16-11-3-1-2-4-11/h5-7,11H,1-4,8H2. The normalized spacial score (nSPS) is 16.6. The molecule has 4 heteroatoms. The number of ketones is 1. The van der Waals surface area contributed by atoms with Crippen molar-refractivity contribution in [1.29, 1.82) is 0 Å². The summed E-state index contributed by atoms with van der Waals surface area (Å²) in [6, 6.07) is 1.25. The Morgan fingerprint density at radius 2 is 2.19 bits per heavy atom. The maximum Gasteiger partial charge on any atom is 0.174 e. The number of nitrogens with zero attached hydrogens (tertiary/aromatic N) is 1. The molecule has 0 atom stereocenters. The number of rotatable bonds is 4. The molecule has 1 aliphatic carbocycles. The summed E-state index contributed by atoms with van der Waals surface area (Å²) >= 11 is 1.69. The number of thioether (sulfide) groups is 1. The molecule has 1 fully saturated rings. The van der Waals surface area contributed by atoms with Gasteiger partial charge in [0.25, 0.3) is 0 Å². The van der Waals surface area contributed by atoms with E-state index in [9.17, 15) is 9.18 Å². The van der Waals surface area contributed by atoms with Crippen LogP contribution in [0.4, 0.5) is 4.39 Å². The number of pyridine rings is 1. The van der Waals surface area contributed by atoms with Gasteiger partial charge in [-0.25, -0.2) is 4.39 Å². The average Bonchev–Trinajstić information content (AvgIpc) is 2.78. The molecule has 16 heavy (non-hydrogen) atoms. The zero-order valence-corrected chi connectivity index (χ0v) is 9.80. The highest BCUT2D eigenvalue weighted by Gasteiger charge is 2.17. The fourth-order valence-electron chi connectivity index (χ4n) is 1.90.